The Bertz CT molecular complexity index is 501. The fraction of sp³-hybridized carbons (Fsp3) is 0.200. The van der Waals surface area contributed by atoms with Crippen LogP contribution in [0.1, 0.15) is 0 Å². The quantitative estimate of drug-likeness (QED) is 0.768. The van der Waals surface area contributed by atoms with Crippen LogP contribution < -0.4 is 5.43 Å². The maximum Gasteiger partial charge on any atom is 0.104 e. The van der Waals surface area contributed by atoms with E-state index in [0.717, 1.165) is 29.8 Å². The van der Waals surface area contributed by atoms with Gasteiger partial charge in [0.1, 0.15) is 6.34 Å². The zero-order valence-corrected chi connectivity index (χ0v) is 8.14. The average molecular weight is 201 g/mol. The zero-order chi connectivity index (χ0) is 10.1. The molecule has 0 bridgehead atoms. The molecule has 2 heterocycles. The molecular weight excluding hydrogens is 190 g/mol. The summed E-state index contributed by atoms with van der Waals surface area (Å²) in [6.07, 6.45) is 3.52. The summed E-state index contributed by atoms with van der Waals surface area (Å²) in [5, 5.41) is 1.97. The maximum absolute atomic E-state index is 4.17. The van der Waals surface area contributed by atoms with Crippen LogP contribution in [0.5, 0.6) is 0 Å². The van der Waals surface area contributed by atoms with Gasteiger partial charge in [0.2, 0.25) is 0 Å². The van der Waals surface area contributed by atoms with E-state index in [2.05, 4.69) is 20.4 Å². The third-order valence-electron chi connectivity index (χ3n) is 2.38. The molecule has 1 aliphatic rings. The van der Waals surface area contributed by atoms with Crippen LogP contribution >= 0.6 is 0 Å². The van der Waals surface area contributed by atoms with Gasteiger partial charge in [0.05, 0.1) is 36.1 Å². The predicted molar refractivity (Wildman–Crippen MR) is 59.8 cm³/mol. The Morgan fingerprint density at radius 2 is 2.40 bits per heavy atom. The molecule has 0 unspecified atom stereocenters. The summed E-state index contributed by atoms with van der Waals surface area (Å²) in [5.74, 6) is 0. The number of hydrogen-bond acceptors (Lipinski definition) is 4. The highest BCUT2D eigenvalue weighted by atomic mass is 15.5. The Balaban J connectivity index is 1.87. The summed E-state index contributed by atoms with van der Waals surface area (Å²) in [5.41, 5.74) is 6.32. The Morgan fingerprint density at radius 3 is 3.27 bits per heavy atom. The standard InChI is InChI=1S/C10H11N5/c1-2-9-10(13-6-12-9)5-8(1)14-15-4-3-11-7-15/h1-2,5-7,14H,3-4H2,(H,12,13). The number of fused-ring (bicyclic) bond motifs is 1. The molecule has 2 aromatic rings. The summed E-state index contributed by atoms with van der Waals surface area (Å²) in [6.45, 7) is 1.78. The molecule has 0 spiro atoms. The van der Waals surface area contributed by atoms with Crippen LogP contribution in [0.15, 0.2) is 29.5 Å². The van der Waals surface area contributed by atoms with Crippen molar-refractivity contribution in [2.45, 2.75) is 0 Å². The van der Waals surface area contributed by atoms with Gasteiger partial charge in [0.15, 0.2) is 0 Å². The second kappa shape index (κ2) is 3.27. The van der Waals surface area contributed by atoms with Crippen molar-refractivity contribution in [1.82, 2.24) is 15.0 Å². The van der Waals surface area contributed by atoms with Gasteiger partial charge in [-0.2, -0.15) is 0 Å². The first-order valence-electron chi connectivity index (χ1n) is 4.88. The third-order valence-corrected chi connectivity index (χ3v) is 2.38. The molecule has 3 rings (SSSR count). The summed E-state index contributed by atoms with van der Waals surface area (Å²) in [6, 6.07) is 6.03. The summed E-state index contributed by atoms with van der Waals surface area (Å²) in [7, 11) is 0. The maximum atomic E-state index is 4.17. The van der Waals surface area contributed by atoms with Crippen molar-refractivity contribution in [3.8, 4) is 0 Å². The lowest BCUT2D eigenvalue weighted by Gasteiger charge is -2.16. The zero-order valence-electron chi connectivity index (χ0n) is 8.14. The first-order valence-corrected chi connectivity index (χ1v) is 4.88. The minimum atomic E-state index is 0.860. The first-order chi connectivity index (χ1) is 7.42. The largest absolute Gasteiger partial charge is 0.345 e. The summed E-state index contributed by atoms with van der Waals surface area (Å²) >= 11 is 0. The van der Waals surface area contributed by atoms with Crippen LogP contribution in [0.25, 0.3) is 11.0 Å². The Labute approximate surface area is 86.8 Å². The van der Waals surface area contributed by atoms with Gasteiger partial charge in [-0.05, 0) is 18.2 Å². The molecule has 0 amide bonds. The lowest BCUT2D eigenvalue weighted by Crippen LogP contribution is -2.26. The van der Waals surface area contributed by atoms with Gasteiger partial charge in [-0.25, -0.2) is 4.98 Å². The Hall–Kier alpha value is -2.04. The molecule has 2 N–H and O–H groups in total. The molecule has 0 saturated heterocycles. The summed E-state index contributed by atoms with van der Waals surface area (Å²) < 4.78 is 0. The Morgan fingerprint density at radius 1 is 1.40 bits per heavy atom. The molecule has 0 radical (unpaired) electrons. The lowest BCUT2D eigenvalue weighted by atomic mass is 10.3. The van der Waals surface area contributed by atoms with Crippen molar-refractivity contribution >= 4 is 23.1 Å². The molecule has 1 aliphatic heterocycles. The number of benzene rings is 1. The topological polar surface area (TPSA) is 56.3 Å². The molecule has 0 fully saturated rings. The minimum Gasteiger partial charge on any atom is -0.345 e. The monoisotopic (exact) mass is 201 g/mol. The van der Waals surface area contributed by atoms with Crippen molar-refractivity contribution in [3.05, 3.63) is 24.5 Å². The van der Waals surface area contributed by atoms with E-state index >= 15 is 0 Å². The van der Waals surface area contributed by atoms with E-state index in [-0.39, 0.29) is 0 Å². The smallest absolute Gasteiger partial charge is 0.104 e. The average Bonchev–Trinajstić information content (AvgIpc) is 2.87. The first kappa shape index (κ1) is 8.28. The number of aliphatic imine (C=N–C) groups is 1. The highest BCUT2D eigenvalue weighted by molar-refractivity contribution is 5.79. The van der Waals surface area contributed by atoms with Crippen molar-refractivity contribution < 1.29 is 0 Å². The van der Waals surface area contributed by atoms with Gasteiger partial charge >= 0.3 is 0 Å². The normalized spacial score (nSPS) is 15.1. The highest BCUT2D eigenvalue weighted by Crippen LogP contribution is 2.16. The molecule has 0 saturated carbocycles. The van der Waals surface area contributed by atoms with E-state index < -0.39 is 0 Å². The number of imidazole rings is 1. The van der Waals surface area contributed by atoms with Gasteiger partial charge in [-0.3, -0.25) is 15.4 Å². The van der Waals surface area contributed by atoms with Gasteiger partial charge in [0.25, 0.3) is 0 Å². The number of hydrogen-bond donors (Lipinski definition) is 2. The van der Waals surface area contributed by atoms with Crippen LogP contribution in [0, 0.1) is 0 Å². The van der Waals surface area contributed by atoms with Crippen molar-refractivity contribution in [3.63, 3.8) is 0 Å². The molecule has 0 aliphatic carbocycles. The molecule has 5 nitrogen and oxygen atoms in total. The second-order valence-corrected chi connectivity index (χ2v) is 3.46. The van der Waals surface area contributed by atoms with Gasteiger partial charge in [0, 0.05) is 0 Å². The van der Waals surface area contributed by atoms with Crippen LogP contribution in [-0.4, -0.2) is 34.4 Å². The number of aromatic amines is 1. The van der Waals surface area contributed by atoms with E-state index in [9.17, 15) is 0 Å². The number of anilines is 1. The Kier molecular flexibility index (Phi) is 1.81. The molecule has 5 heteroatoms. The number of H-pyrrole nitrogens is 1. The number of nitrogens with zero attached hydrogens (tertiary/aromatic N) is 3. The third kappa shape index (κ3) is 1.52. The number of rotatable bonds is 2. The van der Waals surface area contributed by atoms with Crippen molar-refractivity contribution in [2.24, 2.45) is 4.99 Å². The number of aromatic nitrogens is 2. The molecule has 1 aromatic heterocycles. The van der Waals surface area contributed by atoms with Crippen LogP contribution in [0.3, 0.4) is 0 Å². The van der Waals surface area contributed by atoms with Gasteiger partial charge in [-0.1, -0.05) is 0 Å². The highest BCUT2D eigenvalue weighted by Gasteiger charge is 2.05. The number of nitrogens with one attached hydrogen (secondary N) is 2. The minimum absolute atomic E-state index is 0.860. The fourth-order valence-electron chi connectivity index (χ4n) is 1.64. The van der Waals surface area contributed by atoms with Gasteiger partial charge in [-0.15, -0.1) is 0 Å². The van der Waals surface area contributed by atoms with Crippen molar-refractivity contribution in [2.75, 3.05) is 18.5 Å². The summed E-state index contributed by atoms with van der Waals surface area (Å²) in [4.78, 5) is 11.4. The van der Waals surface area contributed by atoms with Crippen LogP contribution in [0.2, 0.25) is 0 Å². The predicted octanol–water partition coefficient (Wildman–Crippen LogP) is 1.23. The van der Waals surface area contributed by atoms with E-state index in [4.69, 9.17) is 0 Å². The molecule has 1 aromatic carbocycles. The van der Waals surface area contributed by atoms with E-state index in [1.807, 2.05) is 29.5 Å². The SMILES string of the molecule is C1=NCCN1Nc1ccc2nc[nH]c2c1. The van der Waals surface area contributed by atoms with Crippen LogP contribution in [-0.2, 0) is 0 Å². The lowest BCUT2D eigenvalue weighted by molar-refractivity contribution is 0.557. The second-order valence-electron chi connectivity index (χ2n) is 3.46. The molecule has 15 heavy (non-hydrogen) atoms. The van der Waals surface area contributed by atoms with E-state index in [0.29, 0.717) is 0 Å². The number of hydrazine groups is 1. The van der Waals surface area contributed by atoms with Crippen molar-refractivity contribution in [1.29, 1.82) is 0 Å². The molecule has 0 atom stereocenters. The van der Waals surface area contributed by atoms with Gasteiger partial charge < -0.3 is 4.98 Å². The fourth-order valence-corrected chi connectivity index (χ4v) is 1.64. The molecular formula is C10H11N5. The van der Waals surface area contributed by atoms with E-state index in [1.54, 1.807) is 6.33 Å². The molecule has 76 valence electrons. The van der Waals surface area contributed by atoms with Crippen LogP contribution in [0.4, 0.5) is 5.69 Å². The van der Waals surface area contributed by atoms with E-state index in [1.165, 1.54) is 0 Å².